The Labute approximate surface area is 108 Å². The lowest BCUT2D eigenvalue weighted by Crippen LogP contribution is -2.31. The number of aliphatic hydroxyl groups is 1. The highest BCUT2D eigenvalue weighted by atomic mass is 79.9. The van der Waals surface area contributed by atoms with Gasteiger partial charge in [0.1, 0.15) is 5.82 Å². The molecule has 0 atom stereocenters. The van der Waals surface area contributed by atoms with E-state index in [4.69, 9.17) is 21.4 Å². The van der Waals surface area contributed by atoms with E-state index in [-0.39, 0.29) is 11.9 Å². The summed E-state index contributed by atoms with van der Waals surface area (Å²) in [5.74, 6) is 0.658. The van der Waals surface area contributed by atoms with E-state index in [1.165, 1.54) is 0 Å². The molecule has 0 radical (unpaired) electrons. The van der Waals surface area contributed by atoms with E-state index in [0.29, 0.717) is 25.5 Å². The second kappa shape index (κ2) is 7.01. The fourth-order valence-corrected chi connectivity index (χ4v) is 1.78. The van der Waals surface area contributed by atoms with Crippen molar-refractivity contribution in [1.29, 1.82) is 0 Å². The van der Waals surface area contributed by atoms with Crippen LogP contribution in [0.4, 0.5) is 5.82 Å². The highest BCUT2D eigenvalue weighted by Crippen LogP contribution is 2.23. The minimum atomic E-state index is 0.0395. The van der Waals surface area contributed by atoms with Gasteiger partial charge >= 0.3 is 0 Å². The lowest BCUT2D eigenvalue weighted by Gasteiger charge is -2.23. The van der Waals surface area contributed by atoms with Crippen LogP contribution in [0.15, 0.2) is 10.7 Å². The molecule has 0 aromatic carbocycles. The summed E-state index contributed by atoms with van der Waals surface area (Å²) in [6.07, 6.45) is 1.59. The number of halogens is 2. The topological polar surface area (TPSA) is 58.5 Å². The number of ether oxygens (including phenoxy) is 1. The van der Waals surface area contributed by atoms with E-state index in [1.807, 2.05) is 4.90 Å². The number of hydrogen-bond acceptors (Lipinski definition) is 5. The molecule has 7 heteroatoms. The van der Waals surface area contributed by atoms with Gasteiger partial charge in [0.05, 0.1) is 17.7 Å². The summed E-state index contributed by atoms with van der Waals surface area (Å²) in [6.45, 7) is 1.68. The maximum absolute atomic E-state index is 8.98. The van der Waals surface area contributed by atoms with E-state index >= 15 is 0 Å². The van der Waals surface area contributed by atoms with Gasteiger partial charge < -0.3 is 14.7 Å². The first kappa shape index (κ1) is 13.6. The first-order valence-electron chi connectivity index (χ1n) is 4.71. The second-order valence-electron chi connectivity index (χ2n) is 3.01. The van der Waals surface area contributed by atoms with E-state index < -0.39 is 0 Å². The van der Waals surface area contributed by atoms with Gasteiger partial charge in [-0.3, -0.25) is 0 Å². The lowest BCUT2D eigenvalue weighted by atomic mass is 10.4. The summed E-state index contributed by atoms with van der Waals surface area (Å²) < 4.78 is 5.73. The zero-order chi connectivity index (χ0) is 12.0. The van der Waals surface area contributed by atoms with Gasteiger partial charge in [0.2, 0.25) is 5.28 Å². The predicted octanol–water partition coefficient (Wildman–Crippen LogP) is 1.34. The molecular weight excluding hydrogens is 297 g/mol. The Morgan fingerprint density at radius 3 is 2.94 bits per heavy atom. The second-order valence-corrected chi connectivity index (χ2v) is 4.21. The molecule has 1 aromatic heterocycles. The number of aromatic nitrogens is 2. The highest BCUT2D eigenvalue weighted by molar-refractivity contribution is 9.10. The largest absolute Gasteiger partial charge is 0.395 e. The van der Waals surface area contributed by atoms with Crippen LogP contribution >= 0.6 is 27.5 Å². The SMILES string of the molecule is COCCN(CCO)c1nc(Cl)ncc1Br. The first-order valence-corrected chi connectivity index (χ1v) is 5.89. The highest BCUT2D eigenvalue weighted by Gasteiger charge is 2.12. The molecule has 0 amide bonds. The fraction of sp³-hybridized carbons (Fsp3) is 0.556. The van der Waals surface area contributed by atoms with Crippen LogP contribution in [0.1, 0.15) is 0 Å². The monoisotopic (exact) mass is 309 g/mol. The van der Waals surface area contributed by atoms with Gasteiger partial charge in [-0.15, -0.1) is 0 Å². The third kappa shape index (κ3) is 3.86. The van der Waals surface area contributed by atoms with Crippen molar-refractivity contribution >= 4 is 33.3 Å². The van der Waals surface area contributed by atoms with Crippen LogP contribution in [-0.2, 0) is 4.74 Å². The summed E-state index contributed by atoms with van der Waals surface area (Å²) >= 11 is 9.08. The van der Waals surface area contributed by atoms with Crippen LogP contribution in [0.2, 0.25) is 5.28 Å². The molecule has 0 aliphatic heterocycles. The van der Waals surface area contributed by atoms with Gasteiger partial charge in [-0.25, -0.2) is 4.98 Å². The summed E-state index contributed by atoms with van der Waals surface area (Å²) in [5, 5.41) is 9.16. The van der Waals surface area contributed by atoms with Crippen molar-refractivity contribution in [3.8, 4) is 0 Å². The fourth-order valence-electron chi connectivity index (χ4n) is 1.20. The maximum atomic E-state index is 8.98. The van der Waals surface area contributed by atoms with E-state index in [0.717, 1.165) is 4.47 Å². The quantitative estimate of drug-likeness (QED) is 0.804. The van der Waals surface area contributed by atoms with E-state index in [1.54, 1.807) is 13.3 Å². The molecule has 0 aliphatic rings. The van der Waals surface area contributed by atoms with Crippen molar-refractivity contribution in [1.82, 2.24) is 9.97 Å². The van der Waals surface area contributed by atoms with Gasteiger partial charge in [-0.1, -0.05) is 0 Å². The lowest BCUT2D eigenvalue weighted by molar-refractivity contribution is 0.202. The Hall–Kier alpha value is -0.430. The van der Waals surface area contributed by atoms with Crippen LogP contribution in [-0.4, -0.2) is 48.5 Å². The summed E-state index contributed by atoms with van der Waals surface area (Å²) in [6, 6.07) is 0. The molecule has 1 heterocycles. The minimum Gasteiger partial charge on any atom is -0.395 e. The van der Waals surface area contributed by atoms with Crippen molar-refractivity contribution in [3.63, 3.8) is 0 Å². The smallest absolute Gasteiger partial charge is 0.224 e. The Morgan fingerprint density at radius 1 is 1.56 bits per heavy atom. The van der Waals surface area contributed by atoms with Crippen LogP contribution in [0.3, 0.4) is 0 Å². The van der Waals surface area contributed by atoms with Crippen molar-refractivity contribution in [3.05, 3.63) is 16.0 Å². The van der Waals surface area contributed by atoms with Gasteiger partial charge in [-0.05, 0) is 27.5 Å². The van der Waals surface area contributed by atoms with E-state index in [2.05, 4.69) is 25.9 Å². The number of rotatable bonds is 6. The summed E-state index contributed by atoms with van der Waals surface area (Å²) in [5.41, 5.74) is 0. The molecule has 0 unspecified atom stereocenters. The number of anilines is 1. The van der Waals surface area contributed by atoms with Crippen molar-refractivity contribution in [2.24, 2.45) is 0 Å². The molecule has 0 bridgehead atoms. The number of aliphatic hydroxyl groups excluding tert-OH is 1. The zero-order valence-electron chi connectivity index (χ0n) is 8.86. The average Bonchev–Trinajstić information content (AvgIpc) is 2.28. The number of methoxy groups -OCH3 is 1. The Kier molecular flexibility index (Phi) is 5.97. The average molecular weight is 311 g/mol. The molecule has 0 saturated carbocycles. The molecule has 1 aromatic rings. The first-order chi connectivity index (χ1) is 7.69. The van der Waals surface area contributed by atoms with Gasteiger partial charge in [-0.2, -0.15) is 4.98 Å². The van der Waals surface area contributed by atoms with E-state index in [9.17, 15) is 0 Å². The Balaban J connectivity index is 2.85. The van der Waals surface area contributed by atoms with Crippen molar-refractivity contribution < 1.29 is 9.84 Å². The molecular formula is C9H13BrClN3O2. The molecule has 0 saturated heterocycles. The standard InChI is InChI=1S/C9H13BrClN3O2/c1-16-5-3-14(2-4-15)8-7(10)6-12-9(11)13-8/h6,15H,2-5H2,1H3. The molecule has 90 valence electrons. The van der Waals surface area contributed by atoms with Crippen LogP contribution in [0.25, 0.3) is 0 Å². The number of hydrogen-bond donors (Lipinski definition) is 1. The van der Waals surface area contributed by atoms with Crippen LogP contribution < -0.4 is 4.90 Å². The van der Waals surface area contributed by atoms with Crippen LogP contribution in [0.5, 0.6) is 0 Å². The molecule has 0 spiro atoms. The molecule has 1 rings (SSSR count). The van der Waals surface area contributed by atoms with Gasteiger partial charge in [0, 0.05) is 26.4 Å². The van der Waals surface area contributed by atoms with Crippen LogP contribution in [0, 0.1) is 0 Å². The third-order valence-corrected chi connectivity index (χ3v) is 2.67. The Bertz CT molecular complexity index is 341. The molecule has 16 heavy (non-hydrogen) atoms. The van der Waals surface area contributed by atoms with Crippen molar-refractivity contribution in [2.75, 3.05) is 38.3 Å². The number of nitrogens with zero attached hydrogens (tertiary/aromatic N) is 3. The molecule has 0 aliphatic carbocycles. The van der Waals surface area contributed by atoms with Crippen molar-refractivity contribution in [2.45, 2.75) is 0 Å². The summed E-state index contributed by atoms with van der Waals surface area (Å²) in [4.78, 5) is 9.84. The molecule has 0 fully saturated rings. The van der Waals surface area contributed by atoms with Gasteiger partial charge in [0.25, 0.3) is 0 Å². The molecule has 5 nitrogen and oxygen atoms in total. The summed E-state index contributed by atoms with van der Waals surface area (Å²) in [7, 11) is 1.62. The predicted molar refractivity (Wildman–Crippen MR) is 65.9 cm³/mol. The normalized spacial score (nSPS) is 10.5. The maximum Gasteiger partial charge on any atom is 0.224 e. The zero-order valence-corrected chi connectivity index (χ0v) is 11.2. The minimum absolute atomic E-state index is 0.0395. The molecule has 1 N–H and O–H groups in total. The Morgan fingerprint density at radius 2 is 2.31 bits per heavy atom. The van der Waals surface area contributed by atoms with Gasteiger partial charge in [0.15, 0.2) is 0 Å². The third-order valence-electron chi connectivity index (χ3n) is 1.93.